The molecule has 6 heteroatoms. The average molecular weight is 327 g/mol. The largest absolute Gasteiger partial charge is 0.383 e. The van der Waals surface area contributed by atoms with Crippen molar-refractivity contribution in [3.8, 4) is 0 Å². The predicted octanol–water partition coefficient (Wildman–Crippen LogP) is 3.38. The summed E-state index contributed by atoms with van der Waals surface area (Å²) in [7, 11) is 3.65. The topological polar surface area (TPSA) is 40.6 Å². The number of hydrogen-bond acceptors (Lipinski definition) is 3. The summed E-state index contributed by atoms with van der Waals surface area (Å²) in [5, 5.41) is 0.693. The van der Waals surface area contributed by atoms with Gasteiger partial charge in [-0.3, -0.25) is 9.59 Å². The first-order valence-electron chi connectivity index (χ1n) is 6.56. The Kier molecular flexibility index (Phi) is 4.59. The van der Waals surface area contributed by atoms with Crippen molar-refractivity contribution in [1.29, 1.82) is 0 Å². The van der Waals surface area contributed by atoms with E-state index >= 15 is 0 Å². The van der Waals surface area contributed by atoms with E-state index in [1.807, 2.05) is 14.1 Å². The normalized spacial score (nSPS) is 16.1. The molecule has 0 atom stereocenters. The highest BCUT2D eigenvalue weighted by Crippen LogP contribution is 2.38. The maximum Gasteiger partial charge on any atom is 0.227 e. The van der Waals surface area contributed by atoms with E-state index in [4.69, 9.17) is 23.2 Å². The van der Waals surface area contributed by atoms with Gasteiger partial charge in [0.15, 0.2) is 5.78 Å². The number of benzene rings is 1. The van der Waals surface area contributed by atoms with Gasteiger partial charge in [-0.1, -0.05) is 30.1 Å². The van der Waals surface area contributed by atoms with Gasteiger partial charge in [-0.25, -0.2) is 0 Å². The molecule has 112 valence electrons. The third-order valence-electron chi connectivity index (χ3n) is 3.18. The van der Waals surface area contributed by atoms with Gasteiger partial charge in [0.2, 0.25) is 5.91 Å². The molecule has 21 heavy (non-hydrogen) atoms. The lowest BCUT2D eigenvalue weighted by atomic mass is 9.96. The number of amides is 1. The fraction of sp³-hybridized carbons (Fsp3) is 0.333. The summed E-state index contributed by atoms with van der Waals surface area (Å²) < 4.78 is 0. The number of rotatable bonds is 2. The standard InChI is InChI=1S/C15H16Cl2N2O2/c1-4-13(20)19-8-9(7-18(2)3)15(21)11-5-10(16)6-12(17)14(11)19/h5-7H,4,8H2,1-3H3. The van der Waals surface area contributed by atoms with Gasteiger partial charge < -0.3 is 9.80 Å². The number of fused-ring (bicyclic) bond motifs is 1. The van der Waals surface area contributed by atoms with Crippen LogP contribution in [0.25, 0.3) is 0 Å². The third-order valence-corrected chi connectivity index (χ3v) is 3.69. The number of hydrogen-bond donors (Lipinski definition) is 0. The third kappa shape index (κ3) is 3.06. The number of Topliss-reactive ketones (excluding diaryl/α,β-unsaturated/α-hetero) is 1. The van der Waals surface area contributed by atoms with Gasteiger partial charge >= 0.3 is 0 Å². The van der Waals surface area contributed by atoms with Crippen LogP contribution in [0.1, 0.15) is 23.7 Å². The summed E-state index contributed by atoms with van der Waals surface area (Å²) in [4.78, 5) is 28.1. The Labute approximate surface area is 133 Å². The van der Waals surface area contributed by atoms with Crippen LogP contribution in [0, 0.1) is 0 Å². The number of halogens is 2. The molecule has 2 rings (SSSR count). The molecule has 1 aromatic rings. The van der Waals surface area contributed by atoms with Crippen LogP contribution in [0.2, 0.25) is 10.0 Å². The van der Waals surface area contributed by atoms with E-state index < -0.39 is 0 Å². The first-order valence-corrected chi connectivity index (χ1v) is 7.32. The van der Waals surface area contributed by atoms with Crippen LogP contribution in [0.5, 0.6) is 0 Å². The van der Waals surface area contributed by atoms with Gasteiger partial charge in [0.05, 0.1) is 17.3 Å². The molecule has 0 N–H and O–H groups in total. The second-order valence-corrected chi connectivity index (χ2v) is 5.91. The molecule has 0 saturated heterocycles. The summed E-state index contributed by atoms with van der Waals surface area (Å²) in [6.45, 7) is 2.00. The highest BCUT2D eigenvalue weighted by molar-refractivity contribution is 6.39. The monoisotopic (exact) mass is 326 g/mol. The molecule has 1 aliphatic rings. The summed E-state index contributed by atoms with van der Waals surface area (Å²) in [5.41, 5.74) is 1.36. The highest BCUT2D eigenvalue weighted by Gasteiger charge is 2.32. The summed E-state index contributed by atoms with van der Waals surface area (Å²) in [6, 6.07) is 3.11. The zero-order chi connectivity index (χ0) is 15.7. The summed E-state index contributed by atoms with van der Waals surface area (Å²) in [5.74, 6) is -0.235. The average Bonchev–Trinajstić information content (AvgIpc) is 2.40. The number of ketones is 1. The lowest BCUT2D eigenvalue weighted by Crippen LogP contribution is -2.39. The molecule has 0 spiro atoms. The number of carbonyl (C=O) groups is 2. The lowest BCUT2D eigenvalue weighted by Gasteiger charge is -2.31. The van der Waals surface area contributed by atoms with E-state index in [0.29, 0.717) is 33.3 Å². The van der Waals surface area contributed by atoms with Crippen molar-refractivity contribution in [3.63, 3.8) is 0 Å². The molecule has 0 aliphatic carbocycles. The van der Waals surface area contributed by atoms with Crippen molar-refractivity contribution in [1.82, 2.24) is 4.90 Å². The molecule has 0 saturated carbocycles. The Hall–Kier alpha value is -1.52. The minimum Gasteiger partial charge on any atom is -0.383 e. The Morgan fingerprint density at radius 2 is 2.05 bits per heavy atom. The van der Waals surface area contributed by atoms with Crippen molar-refractivity contribution in [2.75, 3.05) is 25.5 Å². The SMILES string of the molecule is CCC(=O)N1CC(=CN(C)C)C(=O)c2cc(Cl)cc(Cl)c21. The van der Waals surface area contributed by atoms with Crippen LogP contribution in [0.3, 0.4) is 0 Å². The van der Waals surface area contributed by atoms with Crippen LogP contribution in [-0.2, 0) is 4.79 Å². The van der Waals surface area contributed by atoms with E-state index in [1.165, 1.54) is 0 Å². The Morgan fingerprint density at radius 3 is 2.62 bits per heavy atom. The Balaban J connectivity index is 2.65. The van der Waals surface area contributed by atoms with Crippen molar-refractivity contribution in [2.24, 2.45) is 0 Å². The van der Waals surface area contributed by atoms with Crippen LogP contribution in [0.4, 0.5) is 5.69 Å². The molecule has 0 bridgehead atoms. The molecule has 0 fully saturated rings. The molecular weight excluding hydrogens is 311 g/mol. The number of nitrogens with zero attached hydrogens (tertiary/aromatic N) is 2. The number of anilines is 1. The second-order valence-electron chi connectivity index (χ2n) is 5.06. The van der Waals surface area contributed by atoms with Gasteiger partial charge in [-0.15, -0.1) is 0 Å². The maximum absolute atomic E-state index is 12.6. The highest BCUT2D eigenvalue weighted by atomic mass is 35.5. The maximum atomic E-state index is 12.6. The van der Waals surface area contributed by atoms with Gasteiger partial charge in [-0.05, 0) is 12.1 Å². The van der Waals surface area contributed by atoms with Gasteiger partial charge in [0.25, 0.3) is 0 Å². The van der Waals surface area contributed by atoms with E-state index in [0.717, 1.165) is 0 Å². The molecule has 0 radical (unpaired) electrons. The van der Waals surface area contributed by atoms with Crippen LogP contribution >= 0.6 is 23.2 Å². The minimum absolute atomic E-state index is 0.0855. The van der Waals surface area contributed by atoms with E-state index in [1.54, 1.807) is 35.1 Å². The van der Waals surface area contributed by atoms with Crippen molar-refractivity contribution in [2.45, 2.75) is 13.3 Å². The van der Waals surface area contributed by atoms with Crippen LogP contribution in [0.15, 0.2) is 23.9 Å². The molecule has 4 nitrogen and oxygen atoms in total. The predicted molar refractivity (Wildman–Crippen MR) is 85.2 cm³/mol. The molecule has 0 aromatic heterocycles. The van der Waals surface area contributed by atoms with Crippen molar-refractivity contribution in [3.05, 3.63) is 39.5 Å². The fourth-order valence-electron chi connectivity index (χ4n) is 2.32. The van der Waals surface area contributed by atoms with E-state index in [2.05, 4.69) is 0 Å². The molecule has 1 heterocycles. The van der Waals surface area contributed by atoms with E-state index in [-0.39, 0.29) is 18.2 Å². The van der Waals surface area contributed by atoms with Crippen molar-refractivity contribution >= 4 is 40.6 Å². The molecule has 0 unspecified atom stereocenters. The fourth-order valence-corrected chi connectivity index (χ4v) is 2.92. The van der Waals surface area contributed by atoms with Crippen LogP contribution < -0.4 is 4.90 Å². The van der Waals surface area contributed by atoms with Gasteiger partial charge in [0, 0.05) is 42.9 Å². The summed E-state index contributed by atoms with van der Waals surface area (Å²) in [6.07, 6.45) is 2.05. The Morgan fingerprint density at radius 1 is 1.38 bits per heavy atom. The minimum atomic E-state index is -0.150. The zero-order valence-electron chi connectivity index (χ0n) is 12.1. The zero-order valence-corrected chi connectivity index (χ0v) is 13.6. The van der Waals surface area contributed by atoms with Crippen LogP contribution in [-0.4, -0.2) is 37.2 Å². The molecule has 1 aliphatic heterocycles. The quantitative estimate of drug-likeness (QED) is 0.782. The smallest absolute Gasteiger partial charge is 0.227 e. The summed E-state index contributed by atoms with van der Waals surface area (Å²) >= 11 is 12.2. The lowest BCUT2D eigenvalue weighted by molar-refractivity contribution is -0.118. The second kappa shape index (κ2) is 6.08. The Bertz CT molecular complexity index is 639. The first kappa shape index (κ1) is 15.9. The number of carbonyl (C=O) groups excluding carboxylic acids is 2. The molecular formula is C15H16Cl2N2O2. The van der Waals surface area contributed by atoms with Gasteiger partial charge in [0.1, 0.15) is 0 Å². The molecule has 1 aromatic carbocycles. The molecule has 1 amide bonds. The van der Waals surface area contributed by atoms with Crippen molar-refractivity contribution < 1.29 is 9.59 Å². The van der Waals surface area contributed by atoms with E-state index in [9.17, 15) is 9.59 Å². The first-order chi connectivity index (χ1) is 9.85. The van der Waals surface area contributed by atoms with Gasteiger partial charge in [-0.2, -0.15) is 0 Å².